The number of ether oxygens (including phenoxy) is 1. The van der Waals surface area contributed by atoms with Crippen molar-refractivity contribution < 1.29 is 14.3 Å². The lowest BCUT2D eigenvalue weighted by atomic mass is 10.2. The van der Waals surface area contributed by atoms with Crippen LogP contribution in [0.3, 0.4) is 0 Å². The average molecular weight is 273 g/mol. The lowest BCUT2D eigenvalue weighted by molar-refractivity contribution is -0.138. The second-order valence-corrected chi connectivity index (χ2v) is 3.99. The van der Waals surface area contributed by atoms with E-state index < -0.39 is 12.0 Å². The molecule has 0 atom stereocenters. The number of hydrogen-bond acceptors (Lipinski definition) is 4. The van der Waals surface area contributed by atoms with Crippen LogP contribution in [0.1, 0.15) is 12.5 Å². The molecule has 0 saturated heterocycles. The first kappa shape index (κ1) is 15.2. The van der Waals surface area contributed by atoms with E-state index in [1.165, 1.54) is 0 Å². The van der Waals surface area contributed by atoms with Crippen molar-refractivity contribution in [3.63, 3.8) is 0 Å². The lowest BCUT2D eigenvalue weighted by Crippen LogP contribution is -2.32. The van der Waals surface area contributed by atoms with E-state index in [9.17, 15) is 9.59 Å². The molecule has 1 aromatic rings. The molecule has 0 aromatic heterocycles. The normalized spacial score (nSPS) is 9.20. The largest absolute Gasteiger partial charge is 0.460 e. The number of carbonyl (C=O) groups is 2. The molecule has 6 heteroatoms. The van der Waals surface area contributed by atoms with Crippen molar-refractivity contribution in [2.45, 2.75) is 6.92 Å². The fraction of sp³-hybridized carbons (Fsp3) is 0.214. The summed E-state index contributed by atoms with van der Waals surface area (Å²) in [5.74, 6) is -0.487. The quantitative estimate of drug-likeness (QED) is 0.486. The predicted molar refractivity (Wildman–Crippen MR) is 74.0 cm³/mol. The Morgan fingerprint density at radius 2 is 2.00 bits per heavy atom. The van der Waals surface area contributed by atoms with E-state index in [2.05, 4.69) is 17.2 Å². The van der Waals surface area contributed by atoms with Crippen LogP contribution in [0, 0.1) is 11.3 Å². The minimum Gasteiger partial charge on any atom is -0.460 e. The first-order valence-corrected chi connectivity index (χ1v) is 5.90. The molecule has 2 N–H and O–H groups in total. The van der Waals surface area contributed by atoms with Crippen LogP contribution in [-0.2, 0) is 9.53 Å². The van der Waals surface area contributed by atoms with Crippen molar-refractivity contribution in [1.82, 2.24) is 5.32 Å². The number of nitrogens with one attached hydrogen (secondary N) is 2. The van der Waals surface area contributed by atoms with Crippen LogP contribution in [0.5, 0.6) is 0 Å². The summed E-state index contributed by atoms with van der Waals surface area (Å²) >= 11 is 0. The molecule has 0 heterocycles. The van der Waals surface area contributed by atoms with Crippen LogP contribution in [0.25, 0.3) is 0 Å². The summed E-state index contributed by atoms with van der Waals surface area (Å²) in [6.07, 6.45) is 0. The average Bonchev–Trinajstić information content (AvgIpc) is 2.44. The number of nitriles is 1. The standard InChI is InChI=1S/C14H15N3O3/c1-10(2)13(18)20-8-7-16-14(19)17-12-5-3-11(9-15)4-6-12/h3-6H,1,7-8H2,2H3,(H2,16,17,19). The number of amides is 2. The van der Waals surface area contributed by atoms with Gasteiger partial charge in [-0.1, -0.05) is 6.58 Å². The fourth-order valence-corrected chi connectivity index (χ4v) is 1.23. The minimum atomic E-state index is -0.487. The van der Waals surface area contributed by atoms with E-state index in [1.54, 1.807) is 31.2 Å². The maximum atomic E-state index is 11.5. The van der Waals surface area contributed by atoms with Gasteiger partial charge >= 0.3 is 12.0 Å². The van der Waals surface area contributed by atoms with Gasteiger partial charge in [0.05, 0.1) is 18.2 Å². The summed E-state index contributed by atoms with van der Waals surface area (Å²) in [6, 6.07) is 8.02. The highest BCUT2D eigenvalue weighted by Gasteiger charge is 2.04. The van der Waals surface area contributed by atoms with Gasteiger partial charge in [-0.3, -0.25) is 0 Å². The van der Waals surface area contributed by atoms with Crippen LogP contribution in [0.2, 0.25) is 0 Å². The first-order valence-electron chi connectivity index (χ1n) is 5.90. The zero-order valence-electron chi connectivity index (χ0n) is 11.1. The number of urea groups is 1. The molecule has 20 heavy (non-hydrogen) atoms. The monoisotopic (exact) mass is 273 g/mol. The molecule has 2 amide bonds. The first-order chi connectivity index (χ1) is 9.52. The van der Waals surface area contributed by atoms with Crippen molar-refractivity contribution in [3.8, 4) is 6.07 Å². The number of esters is 1. The van der Waals surface area contributed by atoms with Crippen molar-refractivity contribution in [2.24, 2.45) is 0 Å². The molecule has 6 nitrogen and oxygen atoms in total. The number of rotatable bonds is 5. The summed E-state index contributed by atoms with van der Waals surface area (Å²) in [7, 11) is 0. The van der Waals surface area contributed by atoms with Crippen LogP contribution in [0.4, 0.5) is 10.5 Å². The van der Waals surface area contributed by atoms with E-state index in [4.69, 9.17) is 10.00 Å². The Hall–Kier alpha value is -2.81. The van der Waals surface area contributed by atoms with Gasteiger partial charge in [0.1, 0.15) is 6.61 Å². The molecule has 0 saturated carbocycles. The molecule has 104 valence electrons. The fourth-order valence-electron chi connectivity index (χ4n) is 1.23. The summed E-state index contributed by atoms with van der Waals surface area (Å²) in [5.41, 5.74) is 1.40. The van der Waals surface area contributed by atoms with Crippen molar-refractivity contribution in [2.75, 3.05) is 18.5 Å². The van der Waals surface area contributed by atoms with E-state index in [1.807, 2.05) is 6.07 Å². The number of hydrogen-bond donors (Lipinski definition) is 2. The van der Waals surface area contributed by atoms with Crippen LogP contribution < -0.4 is 10.6 Å². The summed E-state index contributed by atoms with van der Waals surface area (Å²) in [5, 5.41) is 13.8. The highest BCUT2D eigenvalue weighted by molar-refractivity contribution is 5.89. The smallest absolute Gasteiger partial charge is 0.333 e. The molecule has 0 spiro atoms. The van der Waals surface area contributed by atoms with E-state index in [0.29, 0.717) is 16.8 Å². The van der Waals surface area contributed by atoms with E-state index >= 15 is 0 Å². The van der Waals surface area contributed by atoms with Crippen molar-refractivity contribution >= 4 is 17.7 Å². The highest BCUT2D eigenvalue weighted by Crippen LogP contribution is 2.08. The summed E-state index contributed by atoms with van der Waals surface area (Å²) < 4.78 is 4.82. The molecule has 0 aliphatic rings. The van der Waals surface area contributed by atoms with Gasteiger partial charge in [0.2, 0.25) is 0 Å². The molecular weight excluding hydrogens is 258 g/mol. The predicted octanol–water partition coefficient (Wildman–Crippen LogP) is 1.80. The molecular formula is C14H15N3O3. The Labute approximate surface area is 117 Å². The van der Waals surface area contributed by atoms with Gasteiger partial charge in [-0.05, 0) is 31.2 Å². The van der Waals surface area contributed by atoms with Gasteiger partial charge < -0.3 is 15.4 Å². The van der Waals surface area contributed by atoms with E-state index in [-0.39, 0.29) is 13.2 Å². The molecule has 1 aromatic carbocycles. The zero-order chi connectivity index (χ0) is 15.0. The third-order valence-corrected chi connectivity index (χ3v) is 2.24. The summed E-state index contributed by atoms with van der Waals surface area (Å²) in [6.45, 7) is 5.26. The third kappa shape index (κ3) is 5.23. The van der Waals surface area contributed by atoms with Crippen LogP contribution in [0.15, 0.2) is 36.4 Å². The Bertz CT molecular complexity index is 544. The van der Waals surface area contributed by atoms with Crippen molar-refractivity contribution in [1.29, 1.82) is 5.26 Å². The number of nitrogens with zero attached hydrogens (tertiary/aromatic N) is 1. The number of benzene rings is 1. The maximum absolute atomic E-state index is 11.5. The number of anilines is 1. The molecule has 1 rings (SSSR count). The highest BCUT2D eigenvalue weighted by atomic mass is 16.5. The minimum absolute atomic E-state index is 0.0759. The Kier molecular flexibility index (Phi) is 5.78. The van der Waals surface area contributed by atoms with Crippen molar-refractivity contribution in [3.05, 3.63) is 42.0 Å². The molecule has 0 fully saturated rings. The van der Waals surface area contributed by atoms with Crippen LogP contribution in [-0.4, -0.2) is 25.2 Å². The summed E-state index contributed by atoms with van der Waals surface area (Å²) in [4.78, 5) is 22.6. The second-order valence-electron chi connectivity index (χ2n) is 3.99. The Morgan fingerprint density at radius 3 is 2.55 bits per heavy atom. The molecule has 0 aliphatic carbocycles. The lowest BCUT2D eigenvalue weighted by Gasteiger charge is -2.08. The van der Waals surface area contributed by atoms with Crippen LogP contribution >= 0.6 is 0 Å². The molecule has 0 aliphatic heterocycles. The molecule has 0 bridgehead atoms. The van der Waals surface area contributed by atoms with Gasteiger partial charge in [0.15, 0.2) is 0 Å². The van der Waals surface area contributed by atoms with Gasteiger partial charge in [0, 0.05) is 11.3 Å². The van der Waals surface area contributed by atoms with E-state index in [0.717, 1.165) is 0 Å². The van der Waals surface area contributed by atoms with Gasteiger partial charge in [-0.25, -0.2) is 9.59 Å². The third-order valence-electron chi connectivity index (χ3n) is 2.24. The van der Waals surface area contributed by atoms with Gasteiger partial charge in [-0.15, -0.1) is 0 Å². The number of carbonyl (C=O) groups excluding carboxylic acids is 2. The topological polar surface area (TPSA) is 91.2 Å². The maximum Gasteiger partial charge on any atom is 0.333 e. The zero-order valence-corrected chi connectivity index (χ0v) is 11.1. The SMILES string of the molecule is C=C(C)C(=O)OCCNC(=O)Nc1ccc(C#N)cc1. The Morgan fingerprint density at radius 1 is 1.35 bits per heavy atom. The molecule has 0 radical (unpaired) electrons. The molecule has 0 unspecified atom stereocenters. The van der Waals surface area contributed by atoms with Gasteiger partial charge in [0.25, 0.3) is 0 Å². The Balaban J connectivity index is 2.28. The second kappa shape index (κ2) is 7.59. The van der Waals surface area contributed by atoms with Gasteiger partial charge in [-0.2, -0.15) is 5.26 Å².